The molecule has 0 saturated carbocycles. The SMILES string of the molecule is COc1ccc2c(c1)c(=O)oc1c(C)c(OC(=O)[C@@H](NS(=O)(=O)c3ccc(C)cc3)c3ccccc3)ccc12. The van der Waals surface area contributed by atoms with Crippen molar-refractivity contribution in [3.05, 3.63) is 112 Å². The van der Waals surface area contributed by atoms with Crippen LogP contribution in [0, 0.1) is 13.8 Å². The van der Waals surface area contributed by atoms with Crippen molar-refractivity contribution in [3.8, 4) is 11.5 Å². The smallest absolute Gasteiger partial charge is 0.344 e. The Hall–Kier alpha value is -4.47. The van der Waals surface area contributed by atoms with Gasteiger partial charge in [0.25, 0.3) is 0 Å². The molecule has 0 saturated heterocycles. The first-order valence-corrected chi connectivity index (χ1v) is 13.6. The summed E-state index contributed by atoms with van der Waals surface area (Å²) in [5, 5.41) is 1.68. The monoisotopic (exact) mass is 543 g/mol. The number of esters is 1. The van der Waals surface area contributed by atoms with E-state index < -0.39 is 27.7 Å². The molecule has 0 aliphatic heterocycles. The number of carbonyl (C=O) groups excluding carboxylic acids is 1. The Morgan fingerprint density at radius 1 is 0.872 bits per heavy atom. The molecular weight excluding hydrogens is 518 g/mol. The molecule has 4 aromatic carbocycles. The zero-order valence-corrected chi connectivity index (χ0v) is 22.2. The second-order valence-corrected chi connectivity index (χ2v) is 10.8. The summed E-state index contributed by atoms with van der Waals surface area (Å²) in [6, 6.07) is 21.8. The molecular formula is C30H25NO7S. The van der Waals surface area contributed by atoms with Crippen molar-refractivity contribution >= 4 is 37.7 Å². The maximum Gasteiger partial charge on any atom is 0.344 e. The van der Waals surface area contributed by atoms with Crippen molar-refractivity contribution < 1.29 is 27.1 Å². The van der Waals surface area contributed by atoms with Crippen LogP contribution >= 0.6 is 0 Å². The molecule has 39 heavy (non-hydrogen) atoms. The summed E-state index contributed by atoms with van der Waals surface area (Å²) in [4.78, 5) is 26.2. The first-order valence-electron chi connectivity index (χ1n) is 12.1. The summed E-state index contributed by atoms with van der Waals surface area (Å²) in [6.45, 7) is 3.51. The predicted molar refractivity (Wildman–Crippen MR) is 148 cm³/mol. The van der Waals surface area contributed by atoms with Crippen LogP contribution in [-0.2, 0) is 14.8 Å². The van der Waals surface area contributed by atoms with Crippen LogP contribution in [0.15, 0.2) is 99.0 Å². The highest BCUT2D eigenvalue weighted by Crippen LogP contribution is 2.33. The molecule has 198 valence electrons. The molecule has 1 aromatic heterocycles. The van der Waals surface area contributed by atoms with Crippen molar-refractivity contribution in [1.29, 1.82) is 0 Å². The van der Waals surface area contributed by atoms with E-state index in [9.17, 15) is 18.0 Å². The van der Waals surface area contributed by atoms with Crippen LogP contribution in [0.2, 0.25) is 0 Å². The van der Waals surface area contributed by atoms with Gasteiger partial charge in [0.1, 0.15) is 23.1 Å². The Kier molecular flexibility index (Phi) is 6.94. The van der Waals surface area contributed by atoms with Crippen LogP contribution in [-0.4, -0.2) is 21.5 Å². The number of aryl methyl sites for hydroxylation is 2. The summed E-state index contributed by atoms with van der Waals surface area (Å²) in [7, 11) is -2.55. The maximum absolute atomic E-state index is 13.5. The number of benzene rings is 4. The van der Waals surface area contributed by atoms with Gasteiger partial charge in [-0.05, 0) is 61.9 Å². The van der Waals surface area contributed by atoms with Gasteiger partial charge in [0, 0.05) is 16.3 Å². The summed E-state index contributed by atoms with van der Waals surface area (Å²) in [5.74, 6) is -0.178. The van der Waals surface area contributed by atoms with E-state index in [1.54, 1.807) is 79.7 Å². The lowest BCUT2D eigenvalue weighted by Gasteiger charge is -2.19. The number of hydrogen-bond donors (Lipinski definition) is 1. The minimum Gasteiger partial charge on any atom is -0.497 e. The third kappa shape index (κ3) is 5.14. The van der Waals surface area contributed by atoms with Crippen molar-refractivity contribution in [1.82, 2.24) is 4.72 Å². The Bertz CT molecular complexity index is 1860. The Labute approximate surface area is 224 Å². The third-order valence-electron chi connectivity index (χ3n) is 6.47. The number of ether oxygens (including phenoxy) is 2. The molecule has 0 unspecified atom stereocenters. The molecule has 1 atom stereocenters. The van der Waals surface area contributed by atoms with Gasteiger partial charge in [-0.3, -0.25) is 0 Å². The summed E-state index contributed by atoms with van der Waals surface area (Å²) < 4.78 is 45.3. The van der Waals surface area contributed by atoms with Crippen molar-refractivity contribution in [2.45, 2.75) is 24.8 Å². The fourth-order valence-corrected chi connectivity index (χ4v) is 5.51. The van der Waals surface area contributed by atoms with E-state index in [0.29, 0.717) is 33.0 Å². The standard InChI is InChI=1S/C30H25NO7S/c1-18-9-12-22(13-10-18)39(34,35)31-27(20-7-5-4-6-8-20)30(33)37-26-16-15-24-23-14-11-21(36-3)17-25(23)29(32)38-28(24)19(26)2/h4-17,27,31H,1-3H3/t27-/m0/s1. The lowest BCUT2D eigenvalue weighted by molar-refractivity contribution is -0.136. The van der Waals surface area contributed by atoms with Gasteiger partial charge in [-0.2, -0.15) is 4.72 Å². The van der Waals surface area contributed by atoms with Gasteiger partial charge < -0.3 is 13.9 Å². The molecule has 0 fully saturated rings. The molecule has 0 aliphatic rings. The van der Waals surface area contributed by atoms with Gasteiger partial charge in [-0.25, -0.2) is 18.0 Å². The van der Waals surface area contributed by atoms with Gasteiger partial charge in [0.05, 0.1) is 17.4 Å². The van der Waals surface area contributed by atoms with Crippen LogP contribution in [0.25, 0.3) is 21.7 Å². The van der Waals surface area contributed by atoms with E-state index in [0.717, 1.165) is 5.56 Å². The minimum absolute atomic E-state index is 0.0222. The molecule has 0 spiro atoms. The van der Waals surface area contributed by atoms with E-state index in [-0.39, 0.29) is 16.2 Å². The molecule has 0 aliphatic carbocycles. The molecule has 0 bridgehead atoms. The molecule has 9 heteroatoms. The quantitative estimate of drug-likeness (QED) is 0.130. The van der Waals surface area contributed by atoms with Crippen LogP contribution in [0.3, 0.4) is 0 Å². The first kappa shape index (κ1) is 26.1. The summed E-state index contributed by atoms with van der Waals surface area (Å²) in [5.41, 5.74) is 1.43. The van der Waals surface area contributed by atoms with E-state index in [1.807, 2.05) is 6.92 Å². The van der Waals surface area contributed by atoms with E-state index >= 15 is 0 Å². The highest BCUT2D eigenvalue weighted by molar-refractivity contribution is 7.89. The molecule has 5 rings (SSSR count). The van der Waals surface area contributed by atoms with E-state index in [2.05, 4.69) is 4.72 Å². The lowest BCUT2D eigenvalue weighted by Crippen LogP contribution is -2.36. The Morgan fingerprint density at radius 3 is 2.26 bits per heavy atom. The maximum atomic E-state index is 13.5. The Balaban J connectivity index is 1.52. The molecule has 5 aromatic rings. The number of fused-ring (bicyclic) bond motifs is 3. The normalized spacial score (nSPS) is 12.4. The average molecular weight is 544 g/mol. The topological polar surface area (TPSA) is 112 Å². The average Bonchev–Trinajstić information content (AvgIpc) is 2.94. The van der Waals surface area contributed by atoms with Crippen LogP contribution < -0.4 is 19.8 Å². The Morgan fingerprint density at radius 2 is 1.56 bits per heavy atom. The van der Waals surface area contributed by atoms with Gasteiger partial charge in [-0.1, -0.05) is 48.0 Å². The third-order valence-corrected chi connectivity index (χ3v) is 7.91. The van der Waals surface area contributed by atoms with Crippen LogP contribution in [0.5, 0.6) is 11.5 Å². The molecule has 0 amide bonds. The highest BCUT2D eigenvalue weighted by atomic mass is 32.2. The van der Waals surface area contributed by atoms with Crippen molar-refractivity contribution in [2.75, 3.05) is 7.11 Å². The number of hydrogen-bond acceptors (Lipinski definition) is 7. The molecule has 1 heterocycles. The number of carbonyl (C=O) groups is 1. The van der Waals surface area contributed by atoms with Crippen molar-refractivity contribution in [2.24, 2.45) is 0 Å². The minimum atomic E-state index is -4.06. The largest absolute Gasteiger partial charge is 0.497 e. The zero-order valence-electron chi connectivity index (χ0n) is 21.4. The number of rotatable bonds is 7. The van der Waals surface area contributed by atoms with Gasteiger partial charge in [0.15, 0.2) is 0 Å². The van der Waals surface area contributed by atoms with E-state index in [4.69, 9.17) is 13.9 Å². The fraction of sp³-hybridized carbons (Fsp3) is 0.133. The number of sulfonamides is 1. The van der Waals surface area contributed by atoms with Gasteiger partial charge in [0.2, 0.25) is 10.0 Å². The number of methoxy groups -OCH3 is 1. The highest BCUT2D eigenvalue weighted by Gasteiger charge is 2.29. The molecule has 1 N–H and O–H groups in total. The van der Waals surface area contributed by atoms with Crippen LogP contribution in [0.1, 0.15) is 22.7 Å². The lowest BCUT2D eigenvalue weighted by atomic mass is 10.0. The molecule has 0 radical (unpaired) electrons. The van der Waals surface area contributed by atoms with Crippen molar-refractivity contribution in [3.63, 3.8) is 0 Å². The van der Waals surface area contributed by atoms with Gasteiger partial charge >= 0.3 is 11.6 Å². The predicted octanol–water partition coefficient (Wildman–Crippen LogP) is 5.20. The zero-order chi connectivity index (χ0) is 27.7. The summed E-state index contributed by atoms with van der Waals surface area (Å²) >= 11 is 0. The van der Waals surface area contributed by atoms with E-state index in [1.165, 1.54) is 19.2 Å². The molecule has 8 nitrogen and oxygen atoms in total. The summed E-state index contributed by atoms with van der Waals surface area (Å²) in [6.07, 6.45) is 0. The van der Waals surface area contributed by atoms with Gasteiger partial charge in [-0.15, -0.1) is 0 Å². The fourth-order valence-electron chi connectivity index (χ4n) is 4.34. The number of nitrogens with one attached hydrogen (secondary N) is 1. The van der Waals surface area contributed by atoms with Crippen LogP contribution in [0.4, 0.5) is 0 Å². The second kappa shape index (κ2) is 10.4. The second-order valence-electron chi connectivity index (χ2n) is 9.07. The first-order chi connectivity index (χ1) is 18.7.